The molecule has 1 N–H and O–H groups in total. The molecular weight excluding hydrogens is 408 g/mol. The van der Waals surface area contributed by atoms with Gasteiger partial charge in [0.15, 0.2) is 0 Å². The maximum Gasteiger partial charge on any atom is 0.252 e. The minimum atomic E-state index is -3.27. The van der Waals surface area contributed by atoms with Crippen LogP contribution in [0, 0.1) is 6.92 Å². The normalized spacial score (nSPS) is 16.5. The zero-order valence-corrected chi connectivity index (χ0v) is 18.3. The van der Waals surface area contributed by atoms with Gasteiger partial charge in [0.05, 0.1) is 17.5 Å². The summed E-state index contributed by atoms with van der Waals surface area (Å²) in [5.74, 6) is -0.0349. The number of aryl methyl sites for hydroxylation is 1. The van der Waals surface area contributed by atoms with Crippen molar-refractivity contribution in [2.75, 3.05) is 16.6 Å². The van der Waals surface area contributed by atoms with E-state index in [1.54, 1.807) is 24.3 Å². The van der Waals surface area contributed by atoms with Crippen molar-refractivity contribution in [2.24, 2.45) is 0 Å². The van der Waals surface area contributed by atoms with Gasteiger partial charge in [0.1, 0.15) is 0 Å². The standard InChI is InChI=1S/C25H26N2O3S/c1-19-9-11-21(12-10-19)24(20-7-3-2-4-8-20)26-25(28)22-13-15-23(16-14-22)27-17-5-6-18-31(27,29)30/h2-4,7-16,24H,5-6,17-18H2,1H3,(H,26,28)/t24-/m0/s1. The van der Waals surface area contributed by atoms with Crippen molar-refractivity contribution in [3.63, 3.8) is 0 Å². The number of hydrogen-bond acceptors (Lipinski definition) is 3. The van der Waals surface area contributed by atoms with Gasteiger partial charge in [-0.3, -0.25) is 9.10 Å². The summed E-state index contributed by atoms with van der Waals surface area (Å²) in [6, 6.07) is 24.5. The Hall–Kier alpha value is -3.12. The first-order chi connectivity index (χ1) is 14.9. The van der Waals surface area contributed by atoms with Gasteiger partial charge >= 0.3 is 0 Å². The van der Waals surface area contributed by atoms with Crippen LogP contribution in [0.25, 0.3) is 0 Å². The van der Waals surface area contributed by atoms with E-state index in [1.807, 2.05) is 61.5 Å². The molecular formula is C25H26N2O3S. The molecule has 160 valence electrons. The van der Waals surface area contributed by atoms with Gasteiger partial charge in [0.2, 0.25) is 10.0 Å². The lowest BCUT2D eigenvalue weighted by molar-refractivity contribution is 0.0943. The molecule has 1 amide bonds. The molecule has 0 spiro atoms. The number of amides is 1. The van der Waals surface area contributed by atoms with E-state index in [4.69, 9.17) is 0 Å². The minimum absolute atomic E-state index is 0.171. The zero-order chi connectivity index (χ0) is 21.8. The molecule has 1 aliphatic heterocycles. The van der Waals surface area contributed by atoms with Gasteiger partial charge in [-0.1, -0.05) is 60.2 Å². The van der Waals surface area contributed by atoms with E-state index < -0.39 is 10.0 Å². The maximum atomic E-state index is 13.0. The van der Waals surface area contributed by atoms with Crippen molar-refractivity contribution in [3.8, 4) is 0 Å². The number of sulfonamides is 1. The van der Waals surface area contributed by atoms with Gasteiger partial charge in [-0.25, -0.2) is 8.42 Å². The van der Waals surface area contributed by atoms with Gasteiger partial charge in [0, 0.05) is 12.1 Å². The molecule has 1 atom stereocenters. The van der Waals surface area contributed by atoms with Gasteiger partial charge < -0.3 is 5.32 Å². The molecule has 1 aliphatic rings. The number of carbonyl (C=O) groups is 1. The quantitative estimate of drug-likeness (QED) is 0.645. The first kappa shape index (κ1) is 21.1. The molecule has 0 unspecified atom stereocenters. The van der Waals surface area contributed by atoms with E-state index in [1.165, 1.54) is 4.31 Å². The Morgan fingerprint density at radius 3 is 2.16 bits per heavy atom. The SMILES string of the molecule is Cc1ccc([C@@H](NC(=O)c2ccc(N3CCCCS3(=O)=O)cc2)c2ccccc2)cc1. The fourth-order valence-electron chi connectivity index (χ4n) is 3.84. The van der Waals surface area contributed by atoms with E-state index in [0.717, 1.165) is 23.1 Å². The second-order valence-corrected chi connectivity index (χ2v) is 9.88. The summed E-state index contributed by atoms with van der Waals surface area (Å²) in [5, 5.41) is 3.13. The lowest BCUT2D eigenvalue weighted by Crippen LogP contribution is -2.37. The number of benzene rings is 3. The van der Waals surface area contributed by atoms with Crippen molar-refractivity contribution in [1.82, 2.24) is 5.32 Å². The summed E-state index contributed by atoms with van der Waals surface area (Å²) < 4.78 is 26.1. The van der Waals surface area contributed by atoms with Gasteiger partial charge in [0.25, 0.3) is 5.91 Å². The number of hydrogen-bond donors (Lipinski definition) is 1. The van der Waals surface area contributed by atoms with Crippen molar-refractivity contribution < 1.29 is 13.2 Å². The molecule has 0 radical (unpaired) electrons. The highest BCUT2D eigenvalue weighted by atomic mass is 32.2. The zero-order valence-electron chi connectivity index (χ0n) is 17.5. The Morgan fingerprint density at radius 2 is 1.52 bits per heavy atom. The average molecular weight is 435 g/mol. The summed E-state index contributed by atoms with van der Waals surface area (Å²) in [6.07, 6.45) is 1.54. The summed E-state index contributed by atoms with van der Waals surface area (Å²) in [6.45, 7) is 2.52. The monoisotopic (exact) mass is 434 g/mol. The Kier molecular flexibility index (Phi) is 6.09. The lowest BCUT2D eigenvalue weighted by Gasteiger charge is -2.28. The van der Waals surface area contributed by atoms with Crippen LogP contribution in [0.5, 0.6) is 0 Å². The molecule has 1 fully saturated rings. The van der Waals surface area contributed by atoms with E-state index in [-0.39, 0.29) is 17.7 Å². The van der Waals surface area contributed by atoms with Crippen LogP contribution in [0.2, 0.25) is 0 Å². The Labute approximate surface area is 183 Å². The molecule has 5 nitrogen and oxygen atoms in total. The molecule has 4 rings (SSSR count). The van der Waals surface area contributed by atoms with Crippen LogP contribution in [0.1, 0.15) is 45.9 Å². The number of nitrogens with zero attached hydrogens (tertiary/aromatic N) is 1. The summed E-state index contributed by atoms with van der Waals surface area (Å²) >= 11 is 0. The average Bonchev–Trinajstić information content (AvgIpc) is 2.78. The van der Waals surface area contributed by atoms with Crippen LogP contribution >= 0.6 is 0 Å². The van der Waals surface area contributed by atoms with E-state index in [0.29, 0.717) is 24.2 Å². The molecule has 1 heterocycles. The molecule has 0 aliphatic carbocycles. The molecule has 3 aromatic rings. The predicted molar refractivity (Wildman–Crippen MR) is 124 cm³/mol. The first-order valence-electron chi connectivity index (χ1n) is 10.5. The second-order valence-electron chi connectivity index (χ2n) is 7.87. The van der Waals surface area contributed by atoms with Gasteiger partial charge in [-0.15, -0.1) is 0 Å². The van der Waals surface area contributed by atoms with Crippen molar-refractivity contribution in [3.05, 3.63) is 101 Å². The third kappa shape index (κ3) is 4.80. The third-order valence-electron chi connectivity index (χ3n) is 5.59. The highest BCUT2D eigenvalue weighted by molar-refractivity contribution is 7.92. The number of nitrogens with one attached hydrogen (secondary N) is 1. The smallest absolute Gasteiger partial charge is 0.252 e. The van der Waals surface area contributed by atoms with Crippen LogP contribution < -0.4 is 9.62 Å². The molecule has 31 heavy (non-hydrogen) atoms. The highest BCUT2D eigenvalue weighted by Crippen LogP contribution is 2.25. The second kappa shape index (κ2) is 8.94. The summed E-state index contributed by atoms with van der Waals surface area (Å²) in [5.41, 5.74) is 4.25. The fraction of sp³-hybridized carbons (Fsp3) is 0.240. The molecule has 3 aromatic carbocycles. The molecule has 6 heteroatoms. The van der Waals surface area contributed by atoms with Gasteiger partial charge in [-0.05, 0) is 55.2 Å². The Bertz CT molecular complexity index is 1140. The number of carbonyl (C=O) groups excluding carboxylic acids is 1. The third-order valence-corrected chi connectivity index (χ3v) is 7.46. The van der Waals surface area contributed by atoms with Crippen molar-refractivity contribution >= 4 is 21.6 Å². The van der Waals surface area contributed by atoms with Crippen LogP contribution in [0.3, 0.4) is 0 Å². The summed E-state index contributed by atoms with van der Waals surface area (Å²) in [7, 11) is -3.27. The predicted octanol–water partition coefficient (Wildman–Crippen LogP) is 4.44. The first-order valence-corrected chi connectivity index (χ1v) is 12.1. The van der Waals surface area contributed by atoms with E-state index in [2.05, 4.69) is 5.32 Å². The van der Waals surface area contributed by atoms with Crippen molar-refractivity contribution in [1.29, 1.82) is 0 Å². The summed E-state index contributed by atoms with van der Waals surface area (Å²) in [4.78, 5) is 13.0. The van der Waals surface area contributed by atoms with Crippen molar-refractivity contribution in [2.45, 2.75) is 25.8 Å². The maximum absolute atomic E-state index is 13.0. The minimum Gasteiger partial charge on any atom is -0.341 e. The lowest BCUT2D eigenvalue weighted by atomic mass is 9.97. The molecule has 0 bridgehead atoms. The highest BCUT2D eigenvalue weighted by Gasteiger charge is 2.26. The van der Waals surface area contributed by atoms with Crippen LogP contribution in [-0.4, -0.2) is 26.6 Å². The van der Waals surface area contributed by atoms with Gasteiger partial charge in [-0.2, -0.15) is 0 Å². The van der Waals surface area contributed by atoms with E-state index >= 15 is 0 Å². The van der Waals surface area contributed by atoms with Crippen LogP contribution in [0.15, 0.2) is 78.9 Å². The number of anilines is 1. The molecule has 1 saturated heterocycles. The molecule has 0 saturated carbocycles. The topological polar surface area (TPSA) is 66.5 Å². The largest absolute Gasteiger partial charge is 0.341 e. The fourth-order valence-corrected chi connectivity index (χ4v) is 5.48. The van der Waals surface area contributed by atoms with Crippen LogP contribution in [-0.2, 0) is 10.0 Å². The Balaban J connectivity index is 1.57. The Morgan fingerprint density at radius 1 is 0.871 bits per heavy atom. The molecule has 0 aromatic heterocycles. The van der Waals surface area contributed by atoms with Crippen LogP contribution in [0.4, 0.5) is 5.69 Å². The van der Waals surface area contributed by atoms with E-state index in [9.17, 15) is 13.2 Å². The number of rotatable bonds is 5.